The number of carboxylic acids is 2. The smallest absolute Gasteiger partial charge is 0.431 e. The molecule has 1 aromatic carbocycles. The first kappa shape index (κ1) is 41.6. The molecule has 5 amide bonds. The third-order valence-electron chi connectivity index (χ3n) is 7.50. The summed E-state index contributed by atoms with van der Waals surface area (Å²) in [6.07, 6.45) is 1.84. The van der Waals surface area contributed by atoms with Crippen LogP contribution >= 0.6 is 0 Å². The maximum Gasteiger partial charge on any atom is 0.431 e. The zero-order valence-corrected chi connectivity index (χ0v) is 29.4. The van der Waals surface area contributed by atoms with Gasteiger partial charge in [-0.1, -0.05) is 39.2 Å². The lowest BCUT2D eigenvalue weighted by molar-refractivity contribution is -0.169. The van der Waals surface area contributed by atoms with Crippen LogP contribution in [0.2, 0.25) is 0 Å². The summed E-state index contributed by atoms with van der Waals surface area (Å²) in [6.45, 7) is 8.77. The number of nitrogens with zero attached hydrogens (tertiary/aromatic N) is 1. The number of hydroxylamine groups is 2. The second-order valence-corrected chi connectivity index (χ2v) is 11.7. The molecule has 0 aliphatic carbocycles. The summed E-state index contributed by atoms with van der Waals surface area (Å²) in [4.78, 5) is 90.8. The molecule has 280 valence electrons. The van der Waals surface area contributed by atoms with Crippen LogP contribution in [0.3, 0.4) is 0 Å². The molecule has 0 aliphatic heterocycles. The second kappa shape index (κ2) is 20.8. The molecule has 0 radical (unpaired) electrons. The van der Waals surface area contributed by atoms with Crippen molar-refractivity contribution in [2.75, 3.05) is 13.3 Å². The van der Waals surface area contributed by atoms with Crippen LogP contribution in [0.25, 0.3) is 11.3 Å². The number of ether oxygens (including phenoxy) is 1. The van der Waals surface area contributed by atoms with Crippen LogP contribution in [0, 0.1) is 5.92 Å². The molecular weight excluding hydrogens is 670 g/mol. The van der Waals surface area contributed by atoms with Crippen LogP contribution in [-0.4, -0.2) is 88.8 Å². The Morgan fingerprint density at radius 2 is 1.67 bits per heavy atom. The van der Waals surface area contributed by atoms with E-state index in [1.54, 1.807) is 27.7 Å². The highest BCUT2D eigenvalue weighted by atomic mass is 16.7. The van der Waals surface area contributed by atoms with E-state index in [1.807, 2.05) is 6.92 Å². The van der Waals surface area contributed by atoms with Crippen LogP contribution in [0.4, 0.5) is 4.79 Å². The van der Waals surface area contributed by atoms with Crippen molar-refractivity contribution in [1.82, 2.24) is 26.3 Å². The van der Waals surface area contributed by atoms with Crippen molar-refractivity contribution >= 4 is 42.2 Å². The Kier molecular flexibility index (Phi) is 16.9. The van der Waals surface area contributed by atoms with Gasteiger partial charge in [0.2, 0.25) is 12.3 Å². The van der Waals surface area contributed by atoms with Crippen molar-refractivity contribution < 1.29 is 57.8 Å². The van der Waals surface area contributed by atoms with Gasteiger partial charge in [0, 0.05) is 11.6 Å². The molecule has 1 heterocycles. The number of aliphatic carboxylic acids is 2. The van der Waals surface area contributed by atoms with Crippen LogP contribution < -0.4 is 26.0 Å². The normalized spacial score (nSPS) is 12.5. The summed E-state index contributed by atoms with van der Waals surface area (Å²) in [5.41, 5.74) is 0.365. The van der Waals surface area contributed by atoms with E-state index in [0.717, 1.165) is 17.9 Å². The highest BCUT2D eigenvalue weighted by Gasteiger charge is 2.33. The van der Waals surface area contributed by atoms with Gasteiger partial charge < -0.3 is 45.5 Å². The summed E-state index contributed by atoms with van der Waals surface area (Å²) in [6, 6.07) is 4.53. The summed E-state index contributed by atoms with van der Waals surface area (Å²) in [5, 5.41) is 29.0. The number of benzene rings is 1. The fourth-order valence-electron chi connectivity index (χ4n) is 5.07. The van der Waals surface area contributed by atoms with Crippen molar-refractivity contribution in [3.63, 3.8) is 0 Å². The van der Waals surface area contributed by atoms with Gasteiger partial charge in [-0.05, 0) is 57.9 Å². The van der Waals surface area contributed by atoms with E-state index in [9.17, 15) is 38.7 Å². The van der Waals surface area contributed by atoms with Crippen LogP contribution in [0.1, 0.15) is 94.1 Å². The maximum atomic E-state index is 13.3. The molecule has 0 spiro atoms. The summed E-state index contributed by atoms with van der Waals surface area (Å²) >= 11 is 0. The Bertz CT molecular complexity index is 1520. The zero-order valence-electron chi connectivity index (χ0n) is 29.4. The minimum atomic E-state index is -1.66. The van der Waals surface area contributed by atoms with E-state index >= 15 is 0 Å². The van der Waals surface area contributed by atoms with Crippen molar-refractivity contribution in [3.8, 4) is 17.1 Å². The summed E-state index contributed by atoms with van der Waals surface area (Å²) in [5.74, 6) is -5.44. The van der Waals surface area contributed by atoms with Gasteiger partial charge in [-0.2, -0.15) is 5.06 Å². The summed E-state index contributed by atoms with van der Waals surface area (Å²) < 4.78 is 11.3. The molecule has 1 aromatic heterocycles. The fraction of sp³-hybridized carbons (Fsp3) is 0.500. The first-order valence-corrected chi connectivity index (χ1v) is 16.7. The van der Waals surface area contributed by atoms with Crippen molar-refractivity contribution in [2.24, 2.45) is 5.92 Å². The van der Waals surface area contributed by atoms with Crippen molar-refractivity contribution in [3.05, 3.63) is 41.7 Å². The van der Waals surface area contributed by atoms with Gasteiger partial charge in [-0.15, -0.1) is 0 Å². The lowest BCUT2D eigenvalue weighted by Crippen LogP contribution is -2.50. The third-order valence-corrected chi connectivity index (χ3v) is 7.50. The van der Waals surface area contributed by atoms with E-state index in [4.69, 9.17) is 19.1 Å². The number of furan rings is 1. The van der Waals surface area contributed by atoms with Gasteiger partial charge in [-0.3, -0.25) is 24.0 Å². The Morgan fingerprint density at radius 3 is 2.25 bits per heavy atom. The van der Waals surface area contributed by atoms with Gasteiger partial charge in [0.05, 0.1) is 37.2 Å². The lowest BCUT2D eigenvalue weighted by atomic mass is 9.90. The largest absolute Gasteiger partial charge is 0.493 e. The van der Waals surface area contributed by atoms with E-state index < -0.39 is 60.2 Å². The lowest BCUT2D eigenvalue weighted by Gasteiger charge is -2.32. The molecule has 17 heteroatoms. The van der Waals surface area contributed by atoms with Crippen molar-refractivity contribution in [1.29, 1.82) is 0 Å². The minimum Gasteiger partial charge on any atom is -0.493 e. The highest BCUT2D eigenvalue weighted by Crippen LogP contribution is 2.29. The Morgan fingerprint density at radius 1 is 0.941 bits per heavy atom. The van der Waals surface area contributed by atoms with Crippen molar-refractivity contribution in [2.45, 2.75) is 91.3 Å². The Hall–Kier alpha value is -5.61. The molecule has 3 atom stereocenters. The number of carbonyl (C=O) groups excluding carboxylic acids is 5. The topological polar surface area (TPSA) is 243 Å². The summed E-state index contributed by atoms with van der Waals surface area (Å²) in [7, 11) is 0. The predicted octanol–water partition coefficient (Wildman–Crippen LogP) is 3.29. The molecule has 0 bridgehead atoms. The van der Waals surface area contributed by atoms with Gasteiger partial charge in [-0.25, -0.2) is 9.59 Å². The number of hydrogen-bond donors (Lipinski definition) is 6. The molecule has 2 aromatic rings. The molecule has 0 unspecified atom stereocenters. The van der Waals surface area contributed by atoms with Gasteiger partial charge in [0.25, 0.3) is 11.8 Å². The number of amides is 5. The molecule has 0 saturated heterocycles. The van der Waals surface area contributed by atoms with E-state index in [2.05, 4.69) is 21.3 Å². The van der Waals surface area contributed by atoms with Crippen LogP contribution in [0.5, 0.6) is 5.75 Å². The Labute approximate surface area is 295 Å². The molecule has 0 aliphatic rings. The average molecular weight is 718 g/mol. The van der Waals surface area contributed by atoms with Crippen LogP contribution in [-0.2, 0) is 24.0 Å². The monoisotopic (exact) mass is 717 g/mol. The molecule has 51 heavy (non-hydrogen) atoms. The quantitative estimate of drug-likeness (QED) is 0.0445. The third kappa shape index (κ3) is 13.0. The first-order chi connectivity index (χ1) is 24.3. The van der Waals surface area contributed by atoms with Gasteiger partial charge in [0.15, 0.2) is 5.76 Å². The molecule has 0 saturated carbocycles. The number of carboxylic acid groups (broad SMARTS) is 2. The molecule has 0 fully saturated rings. The van der Waals surface area contributed by atoms with Crippen LogP contribution in [0.15, 0.2) is 34.7 Å². The Balaban J connectivity index is 2.14. The molecule has 2 rings (SSSR count). The predicted molar refractivity (Wildman–Crippen MR) is 181 cm³/mol. The first-order valence-electron chi connectivity index (χ1n) is 16.7. The second-order valence-electron chi connectivity index (χ2n) is 11.7. The number of nitrogens with one attached hydrogen (secondary N) is 4. The maximum absolute atomic E-state index is 13.3. The van der Waals surface area contributed by atoms with E-state index in [0.29, 0.717) is 31.2 Å². The standard InChI is InChI=1S/C34H47N5O12/c1-6-9-10-11-22(25(7-2)39(19-40)51-34(48)37-20(4)5)30(43)35-18-36-32(45)27-15-14-26(50-27)21-12-13-23(28(16-21)49-8-3)31(44)38-24(33(46)47)17-29(41)42/h12-16,19-20,22,24-25H,6-11,17-18H2,1-5H3,(H,35,43)(H,36,45)(H,37,48)(H,38,44)(H,41,42)(H,46,47)/t22-,24+,25-/m1/s1. The number of hydrogen-bond acceptors (Lipinski definition) is 10. The minimum absolute atomic E-state index is 0.0440. The number of carbonyl (C=O) groups is 7. The zero-order chi connectivity index (χ0) is 38.1. The molecule has 17 nitrogen and oxygen atoms in total. The fourth-order valence-corrected chi connectivity index (χ4v) is 5.07. The number of unbranched alkanes of at least 4 members (excludes halogenated alkanes) is 2. The molecular formula is C34H47N5O12. The SMILES string of the molecule is CCCCC[C@@H](C(=O)NCNC(=O)c1ccc(-c2ccc(C(=O)N[C@@H](CC(=O)O)C(=O)O)c(OCC)c2)o1)[C@@H](CC)N(C=O)OC(=O)NC(C)C. The van der Waals surface area contributed by atoms with Gasteiger partial charge in [0.1, 0.15) is 17.6 Å². The van der Waals surface area contributed by atoms with E-state index in [-0.39, 0.29) is 42.2 Å². The highest BCUT2D eigenvalue weighted by molar-refractivity contribution is 6.00. The number of rotatable bonds is 22. The van der Waals surface area contributed by atoms with E-state index in [1.165, 1.54) is 30.3 Å². The molecule has 6 N–H and O–H groups in total. The average Bonchev–Trinajstić information content (AvgIpc) is 3.57. The van der Waals surface area contributed by atoms with Gasteiger partial charge >= 0.3 is 18.0 Å².